The minimum absolute atomic E-state index is 0. The van der Waals surface area contributed by atoms with Gasteiger partial charge < -0.3 is 10.2 Å². The van der Waals surface area contributed by atoms with E-state index in [1.807, 2.05) is 24.9 Å². The third-order valence-corrected chi connectivity index (χ3v) is 7.47. The second-order valence-electron chi connectivity index (χ2n) is 6.23. The Kier molecular flexibility index (Phi) is 10.4. The van der Waals surface area contributed by atoms with Gasteiger partial charge in [-0.15, -0.1) is 35.3 Å². The molecule has 0 radical (unpaired) electrons. The molecule has 24 heavy (non-hydrogen) atoms. The maximum absolute atomic E-state index is 12.1. The summed E-state index contributed by atoms with van der Waals surface area (Å²) in [6.45, 7) is 8.89. The lowest BCUT2D eigenvalue weighted by Gasteiger charge is -2.22. The molecular weight excluding hydrogens is 525 g/mol. The van der Waals surface area contributed by atoms with Gasteiger partial charge in [-0.2, -0.15) is 0 Å². The van der Waals surface area contributed by atoms with Crippen LogP contribution in [-0.2, 0) is 16.4 Å². The highest BCUT2D eigenvalue weighted by atomic mass is 127. The number of hydrogen-bond acceptors (Lipinski definition) is 4. The van der Waals surface area contributed by atoms with Crippen molar-refractivity contribution in [3.05, 3.63) is 20.8 Å². The van der Waals surface area contributed by atoms with Crippen molar-refractivity contribution in [3.8, 4) is 0 Å². The zero-order chi connectivity index (χ0) is 17.7. The fraction of sp³-hybridized carbons (Fsp3) is 0.667. The monoisotopic (exact) mass is 551 g/mol. The lowest BCUT2D eigenvalue weighted by molar-refractivity contribution is 0.482. The molecule has 0 saturated carbocycles. The predicted molar refractivity (Wildman–Crippen MR) is 118 cm³/mol. The summed E-state index contributed by atoms with van der Waals surface area (Å²) in [6, 6.07) is 4.09. The standard InChI is InChI=1S/C15H26BrN3O2S2.HI/c1-6-17-14(18-9-10-23(20,21)15(2,3)4)19(5)11-12-7-8-13(16)22-12;/h7-8H,6,9-11H2,1-5H3,(H,17,18);1H. The molecule has 0 amide bonds. The summed E-state index contributed by atoms with van der Waals surface area (Å²) in [5.41, 5.74) is 0. The van der Waals surface area contributed by atoms with E-state index in [0.717, 1.165) is 22.8 Å². The summed E-state index contributed by atoms with van der Waals surface area (Å²) in [5.74, 6) is 0.783. The van der Waals surface area contributed by atoms with Crippen LogP contribution in [0.5, 0.6) is 0 Å². The highest BCUT2D eigenvalue weighted by Crippen LogP contribution is 2.23. The smallest absolute Gasteiger partial charge is 0.194 e. The van der Waals surface area contributed by atoms with Crippen LogP contribution in [0.4, 0.5) is 0 Å². The Bertz CT molecular complexity index is 639. The molecule has 0 aliphatic rings. The molecule has 0 aromatic carbocycles. The van der Waals surface area contributed by atoms with Gasteiger partial charge in [-0.25, -0.2) is 8.42 Å². The van der Waals surface area contributed by atoms with Gasteiger partial charge in [0.05, 0.1) is 27.4 Å². The van der Waals surface area contributed by atoms with Gasteiger partial charge in [-0.3, -0.25) is 4.99 Å². The number of sulfone groups is 1. The maximum Gasteiger partial charge on any atom is 0.194 e. The van der Waals surface area contributed by atoms with Crippen molar-refractivity contribution in [2.75, 3.05) is 25.9 Å². The number of halogens is 2. The second kappa shape index (κ2) is 10.3. The Morgan fingerprint density at radius 3 is 2.46 bits per heavy atom. The first-order valence-corrected chi connectivity index (χ1v) is 10.8. The van der Waals surface area contributed by atoms with Crippen molar-refractivity contribution in [2.24, 2.45) is 4.99 Å². The maximum atomic E-state index is 12.1. The van der Waals surface area contributed by atoms with E-state index in [4.69, 9.17) is 0 Å². The van der Waals surface area contributed by atoms with Gasteiger partial charge in [0.2, 0.25) is 0 Å². The van der Waals surface area contributed by atoms with Crippen LogP contribution < -0.4 is 5.32 Å². The van der Waals surface area contributed by atoms with Crippen molar-refractivity contribution >= 4 is 67.0 Å². The second-order valence-corrected chi connectivity index (χ2v) is 11.6. The minimum Gasteiger partial charge on any atom is -0.357 e. The Balaban J connectivity index is 0.00000529. The summed E-state index contributed by atoms with van der Waals surface area (Å²) < 4.78 is 24.7. The van der Waals surface area contributed by atoms with Crippen LogP contribution in [-0.4, -0.2) is 49.9 Å². The van der Waals surface area contributed by atoms with Gasteiger partial charge in [0.15, 0.2) is 15.8 Å². The first kappa shape index (κ1) is 24.1. The molecule has 0 aliphatic heterocycles. The normalized spacial score (nSPS) is 12.7. The predicted octanol–water partition coefficient (Wildman–Crippen LogP) is 3.74. The van der Waals surface area contributed by atoms with E-state index < -0.39 is 14.6 Å². The van der Waals surface area contributed by atoms with Gasteiger partial charge in [0.1, 0.15) is 0 Å². The number of nitrogens with one attached hydrogen (secondary N) is 1. The van der Waals surface area contributed by atoms with E-state index in [9.17, 15) is 8.42 Å². The Morgan fingerprint density at radius 2 is 2.00 bits per heavy atom. The van der Waals surface area contributed by atoms with Crippen LogP contribution in [0, 0.1) is 0 Å². The molecule has 1 aromatic rings. The quantitative estimate of drug-likeness (QED) is 0.332. The Labute approximate surface area is 175 Å². The van der Waals surface area contributed by atoms with Gasteiger partial charge in [0, 0.05) is 18.5 Å². The zero-order valence-electron chi connectivity index (χ0n) is 14.8. The van der Waals surface area contributed by atoms with E-state index in [2.05, 4.69) is 32.3 Å². The first-order chi connectivity index (χ1) is 10.6. The molecule has 0 bridgehead atoms. The van der Waals surface area contributed by atoms with Crippen molar-refractivity contribution < 1.29 is 8.42 Å². The fourth-order valence-electron chi connectivity index (χ4n) is 1.79. The largest absolute Gasteiger partial charge is 0.357 e. The summed E-state index contributed by atoms with van der Waals surface area (Å²) in [6.07, 6.45) is 0. The van der Waals surface area contributed by atoms with Crippen LogP contribution >= 0.6 is 51.2 Å². The van der Waals surface area contributed by atoms with E-state index in [0.29, 0.717) is 0 Å². The minimum atomic E-state index is -3.15. The van der Waals surface area contributed by atoms with Gasteiger partial charge >= 0.3 is 0 Å². The number of thiophene rings is 1. The molecule has 0 spiro atoms. The molecule has 1 N–H and O–H groups in total. The zero-order valence-corrected chi connectivity index (χ0v) is 20.3. The molecule has 140 valence electrons. The lowest BCUT2D eigenvalue weighted by atomic mass is 10.3. The molecule has 0 saturated heterocycles. The summed E-state index contributed by atoms with van der Waals surface area (Å²) in [5, 5.41) is 3.21. The third kappa shape index (κ3) is 7.57. The molecule has 0 atom stereocenters. The van der Waals surface area contributed by atoms with Crippen molar-refractivity contribution in [1.82, 2.24) is 10.2 Å². The summed E-state index contributed by atoms with van der Waals surface area (Å²) in [7, 11) is -1.20. The highest BCUT2D eigenvalue weighted by Gasteiger charge is 2.28. The van der Waals surface area contributed by atoms with Crippen LogP contribution in [0.2, 0.25) is 0 Å². The van der Waals surface area contributed by atoms with E-state index >= 15 is 0 Å². The van der Waals surface area contributed by atoms with Crippen molar-refractivity contribution in [3.63, 3.8) is 0 Å². The van der Waals surface area contributed by atoms with Crippen molar-refractivity contribution in [2.45, 2.75) is 39.0 Å². The van der Waals surface area contributed by atoms with Gasteiger partial charge in [0.25, 0.3) is 0 Å². The van der Waals surface area contributed by atoms with Crippen LogP contribution in [0.15, 0.2) is 20.9 Å². The molecule has 0 aliphatic carbocycles. The number of guanidine groups is 1. The fourth-order valence-corrected chi connectivity index (χ4v) is 4.27. The number of rotatable bonds is 6. The molecule has 9 heteroatoms. The number of aliphatic imine (C=N–C) groups is 1. The summed E-state index contributed by atoms with van der Waals surface area (Å²) >= 11 is 5.14. The number of hydrogen-bond donors (Lipinski definition) is 1. The van der Waals surface area contributed by atoms with Gasteiger partial charge in [-0.1, -0.05) is 0 Å². The third-order valence-electron chi connectivity index (χ3n) is 3.27. The SMILES string of the molecule is CCNC(=NCCS(=O)(=O)C(C)(C)C)N(C)Cc1ccc(Br)s1.I. The average molecular weight is 552 g/mol. The number of nitrogens with zero attached hydrogens (tertiary/aromatic N) is 2. The molecule has 5 nitrogen and oxygen atoms in total. The van der Waals surface area contributed by atoms with Crippen molar-refractivity contribution in [1.29, 1.82) is 0 Å². The first-order valence-electron chi connectivity index (χ1n) is 7.53. The molecule has 1 heterocycles. The van der Waals surface area contributed by atoms with Crippen LogP contribution in [0.1, 0.15) is 32.6 Å². The van der Waals surface area contributed by atoms with E-state index in [-0.39, 0.29) is 36.3 Å². The topological polar surface area (TPSA) is 61.8 Å². The molecule has 0 fully saturated rings. The van der Waals surface area contributed by atoms with Crippen LogP contribution in [0.3, 0.4) is 0 Å². The molecule has 1 aromatic heterocycles. The Hall–Kier alpha value is 0.130. The highest BCUT2D eigenvalue weighted by molar-refractivity contribution is 14.0. The lowest BCUT2D eigenvalue weighted by Crippen LogP contribution is -2.39. The summed E-state index contributed by atoms with van der Waals surface area (Å²) in [4.78, 5) is 7.68. The molecule has 1 rings (SSSR count). The molecular formula is C15H27BrIN3O2S2. The van der Waals surface area contributed by atoms with E-state index in [1.165, 1.54) is 4.88 Å². The average Bonchev–Trinajstić information content (AvgIpc) is 2.81. The van der Waals surface area contributed by atoms with E-state index in [1.54, 1.807) is 32.1 Å². The Morgan fingerprint density at radius 1 is 1.38 bits per heavy atom. The molecule has 0 unspecified atom stereocenters. The van der Waals surface area contributed by atoms with Gasteiger partial charge in [-0.05, 0) is 55.8 Å². The van der Waals surface area contributed by atoms with Crippen LogP contribution in [0.25, 0.3) is 0 Å².